The van der Waals surface area contributed by atoms with E-state index in [2.05, 4.69) is 10.3 Å². The standard InChI is InChI=1S/C17H20ClN3O2/c18-16-13(21-11-5-2-6-14(21)20-16)7-8-15(22)19-12-17(23)9-3-1-4-10-17/h2,5-8,11,23H,1,3-4,9-10,12H2,(H,19,22). The topological polar surface area (TPSA) is 66.6 Å². The molecule has 0 saturated heterocycles. The minimum Gasteiger partial charge on any atom is -0.388 e. The molecule has 1 saturated carbocycles. The predicted molar refractivity (Wildman–Crippen MR) is 90.3 cm³/mol. The summed E-state index contributed by atoms with van der Waals surface area (Å²) in [6.45, 7) is 0.289. The van der Waals surface area contributed by atoms with Gasteiger partial charge in [0.25, 0.3) is 0 Å². The molecule has 1 aliphatic rings. The number of nitrogens with zero attached hydrogens (tertiary/aromatic N) is 2. The van der Waals surface area contributed by atoms with Crippen LogP contribution in [0.5, 0.6) is 0 Å². The third kappa shape index (κ3) is 3.74. The molecule has 6 heteroatoms. The van der Waals surface area contributed by atoms with Crippen LogP contribution in [0, 0.1) is 0 Å². The average Bonchev–Trinajstić information content (AvgIpc) is 2.87. The first-order valence-electron chi connectivity index (χ1n) is 7.88. The van der Waals surface area contributed by atoms with Crippen molar-refractivity contribution in [3.63, 3.8) is 0 Å². The summed E-state index contributed by atoms with van der Waals surface area (Å²) >= 11 is 6.12. The molecule has 0 unspecified atom stereocenters. The van der Waals surface area contributed by atoms with E-state index in [0.717, 1.165) is 37.8 Å². The van der Waals surface area contributed by atoms with Crippen LogP contribution >= 0.6 is 11.6 Å². The van der Waals surface area contributed by atoms with Gasteiger partial charge in [-0.2, -0.15) is 0 Å². The van der Waals surface area contributed by atoms with Crippen LogP contribution in [0.2, 0.25) is 5.15 Å². The number of halogens is 1. The molecule has 1 fully saturated rings. The van der Waals surface area contributed by atoms with Crippen molar-refractivity contribution in [1.29, 1.82) is 0 Å². The lowest BCUT2D eigenvalue weighted by molar-refractivity contribution is -0.118. The van der Waals surface area contributed by atoms with E-state index in [9.17, 15) is 9.90 Å². The molecule has 0 aliphatic heterocycles. The molecule has 0 spiro atoms. The van der Waals surface area contributed by atoms with Gasteiger partial charge in [-0.25, -0.2) is 4.98 Å². The average molecular weight is 334 g/mol. The second kappa shape index (κ2) is 6.72. The molecule has 2 aromatic heterocycles. The number of nitrogens with one attached hydrogen (secondary N) is 1. The van der Waals surface area contributed by atoms with Gasteiger partial charge in [-0.05, 0) is 31.1 Å². The molecule has 0 bridgehead atoms. The van der Waals surface area contributed by atoms with Gasteiger partial charge in [0.2, 0.25) is 5.91 Å². The number of aromatic nitrogens is 2. The zero-order chi connectivity index (χ0) is 16.3. The smallest absolute Gasteiger partial charge is 0.244 e. The third-order valence-electron chi connectivity index (χ3n) is 4.29. The summed E-state index contributed by atoms with van der Waals surface area (Å²) in [6, 6.07) is 5.60. The fourth-order valence-corrected chi connectivity index (χ4v) is 3.23. The van der Waals surface area contributed by atoms with Crippen LogP contribution in [0.25, 0.3) is 11.7 Å². The van der Waals surface area contributed by atoms with E-state index in [-0.39, 0.29) is 12.5 Å². The Labute approximate surface area is 140 Å². The van der Waals surface area contributed by atoms with Gasteiger partial charge in [-0.15, -0.1) is 0 Å². The number of imidazole rings is 1. The number of rotatable bonds is 4. The zero-order valence-electron chi connectivity index (χ0n) is 12.8. The summed E-state index contributed by atoms with van der Waals surface area (Å²) < 4.78 is 1.82. The lowest BCUT2D eigenvalue weighted by Gasteiger charge is -2.31. The lowest BCUT2D eigenvalue weighted by atomic mass is 9.85. The first-order chi connectivity index (χ1) is 11.1. The molecule has 122 valence electrons. The van der Waals surface area contributed by atoms with Gasteiger partial charge in [0.15, 0.2) is 5.15 Å². The molecule has 3 rings (SSSR count). The maximum absolute atomic E-state index is 12.0. The largest absolute Gasteiger partial charge is 0.388 e. The number of carbonyl (C=O) groups excluding carboxylic acids is 1. The monoisotopic (exact) mass is 333 g/mol. The van der Waals surface area contributed by atoms with Crippen molar-refractivity contribution in [3.8, 4) is 0 Å². The van der Waals surface area contributed by atoms with Crippen molar-refractivity contribution in [3.05, 3.63) is 41.3 Å². The number of pyridine rings is 1. The fraction of sp³-hybridized carbons (Fsp3) is 0.412. The molecule has 1 amide bonds. The molecule has 5 nitrogen and oxygen atoms in total. The Morgan fingerprint density at radius 2 is 2.17 bits per heavy atom. The maximum Gasteiger partial charge on any atom is 0.244 e. The maximum atomic E-state index is 12.0. The predicted octanol–water partition coefficient (Wildman–Crippen LogP) is 2.81. The Kier molecular flexibility index (Phi) is 4.68. The van der Waals surface area contributed by atoms with E-state index in [4.69, 9.17) is 11.6 Å². The highest BCUT2D eigenvalue weighted by molar-refractivity contribution is 6.31. The van der Waals surface area contributed by atoms with E-state index in [1.807, 2.05) is 28.8 Å². The van der Waals surface area contributed by atoms with Crippen molar-refractivity contribution in [2.24, 2.45) is 0 Å². The van der Waals surface area contributed by atoms with Crippen molar-refractivity contribution < 1.29 is 9.90 Å². The summed E-state index contributed by atoms with van der Waals surface area (Å²) in [5.41, 5.74) is 0.630. The minimum atomic E-state index is -0.761. The molecule has 2 aromatic rings. The van der Waals surface area contributed by atoms with Gasteiger partial charge in [0, 0.05) is 18.8 Å². The van der Waals surface area contributed by atoms with E-state index in [1.165, 1.54) is 6.08 Å². The van der Waals surface area contributed by atoms with Crippen molar-refractivity contribution in [1.82, 2.24) is 14.7 Å². The lowest BCUT2D eigenvalue weighted by Crippen LogP contribution is -2.43. The number of carbonyl (C=O) groups is 1. The first kappa shape index (κ1) is 16.0. The Morgan fingerprint density at radius 3 is 2.96 bits per heavy atom. The Bertz CT molecular complexity index is 733. The van der Waals surface area contributed by atoms with Crippen LogP contribution in [0.3, 0.4) is 0 Å². The van der Waals surface area contributed by atoms with Gasteiger partial charge in [0.1, 0.15) is 5.65 Å². The van der Waals surface area contributed by atoms with E-state index >= 15 is 0 Å². The zero-order valence-corrected chi connectivity index (χ0v) is 13.6. The normalized spacial score (nSPS) is 17.7. The summed E-state index contributed by atoms with van der Waals surface area (Å²) in [6.07, 6.45) is 9.59. The Hall–Kier alpha value is -1.85. The van der Waals surface area contributed by atoms with Gasteiger partial charge < -0.3 is 10.4 Å². The van der Waals surface area contributed by atoms with Gasteiger partial charge in [-0.3, -0.25) is 9.20 Å². The van der Waals surface area contributed by atoms with Crippen LogP contribution in [0.1, 0.15) is 37.8 Å². The Balaban J connectivity index is 1.65. The van der Waals surface area contributed by atoms with E-state index in [0.29, 0.717) is 10.8 Å². The fourth-order valence-electron chi connectivity index (χ4n) is 2.99. The second-order valence-corrected chi connectivity index (χ2v) is 6.41. The van der Waals surface area contributed by atoms with Gasteiger partial charge in [0.05, 0.1) is 11.3 Å². The number of fused-ring (bicyclic) bond motifs is 1. The van der Waals surface area contributed by atoms with Crippen molar-refractivity contribution in [2.75, 3.05) is 6.54 Å². The number of hydrogen-bond donors (Lipinski definition) is 2. The third-order valence-corrected chi connectivity index (χ3v) is 4.57. The molecular formula is C17H20ClN3O2. The highest BCUT2D eigenvalue weighted by atomic mass is 35.5. The van der Waals surface area contributed by atoms with E-state index in [1.54, 1.807) is 6.08 Å². The molecule has 1 aliphatic carbocycles. The number of hydrogen-bond acceptors (Lipinski definition) is 3. The summed E-state index contributed by atoms with van der Waals surface area (Å²) in [5, 5.41) is 13.5. The second-order valence-electron chi connectivity index (χ2n) is 6.05. The molecular weight excluding hydrogens is 314 g/mol. The molecule has 2 heterocycles. The molecule has 0 radical (unpaired) electrons. The SMILES string of the molecule is O=C(C=Cc1c(Cl)nc2ccccn12)NCC1(O)CCCCC1. The summed E-state index contributed by atoms with van der Waals surface area (Å²) in [7, 11) is 0. The quantitative estimate of drug-likeness (QED) is 0.845. The highest BCUT2D eigenvalue weighted by Gasteiger charge is 2.29. The van der Waals surface area contributed by atoms with Crippen LogP contribution < -0.4 is 5.32 Å². The van der Waals surface area contributed by atoms with Crippen molar-refractivity contribution in [2.45, 2.75) is 37.7 Å². The summed E-state index contributed by atoms with van der Waals surface area (Å²) in [5.74, 6) is -0.244. The highest BCUT2D eigenvalue weighted by Crippen LogP contribution is 2.27. The van der Waals surface area contributed by atoms with Crippen molar-refractivity contribution >= 4 is 29.2 Å². The van der Waals surface area contributed by atoms with Crippen LogP contribution in [-0.2, 0) is 4.79 Å². The number of aliphatic hydroxyl groups is 1. The van der Waals surface area contributed by atoms with E-state index < -0.39 is 5.60 Å². The minimum absolute atomic E-state index is 0.244. The molecule has 0 aromatic carbocycles. The van der Waals surface area contributed by atoms with Gasteiger partial charge >= 0.3 is 0 Å². The number of amides is 1. The molecule has 23 heavy (non-hydrogen) atoms. The van der Waals surface area contributed by atoms with Gasteiger partial charge in [-0.1, -0.05) is 36.9 Å². The Morgan fingerprint density at radius 1 is 1.39 bits per heavy atom. The first-order valence-corrected chi connectivity index (χ1v) is 8.26. The van der Waals surface area contributed by atoms with Crippen LogP contribution in [0.15, 0.2) is 30.5 Å². The summed E-state index contributed by atoms with van der Waals surface area (Å²) in [4.78, 5) is 16.2. The van der Waals surface area contributed by atoms with Crippen LogP contribution in [0.4, 0.5) is 0 Å². The molecule has 2 N–H and O–H groups in total. The molecule has 0 atom stereocenters. The van der Waals surface area contributed by atoms with Crippen LogP contribution in [-0.4, -0.2) is 32.5 Å².